The zero-order valence-corrected chi connectivity index (χ0v) is 19.2. The van der Waals surface area contributed by atoms with Gasteiger partial charge in [0.2, 0.25) is 0 Å². The molecule has 160 valence electrons. The van der Waals surface area contributed by atoms with Crippen molar-refractivity contribution >= 4 is 22.9 Å². The van der Waals surface area contributed by atoms with E-state index < -0.39 is 5.97 Å². The topological polar surface area (TPSA) is 40.5 Å². The molecular formula is C26H33NO2S. The maximum atomic E-state index is 12.2. The summed E-state index contributed by atoms with van der Waals surface area (Å²) in [6.45, 7) is 8.90. The van der Waals surface area contributed by atoms with Gasteiger partial charge in [0.25, 0.3) is 0 Å². The van der Waals surface area contributed by atoms with Gasteiger partial charge >= 0.3 is 5.97 Å². The van der Waals surface area contributed by atoms with E-state index in [4.69, 9.17) is 0 Å². The summed E-state index contributed by atoms with van der Waals surface area (Å²) in [5.74, 6) is 0.613. The lowest BCUT2D eigenvalue weighted by atomic mass is 9.75. The van der Waals surface area contributed by atoms with Crippen LogP contribution in [0.3, 0.4) is 0 Å². The standard InChI is InChI=1S/C26H33NO2S/c1-17(2)27-14-13-21(23(16-27)19-11-9-18(3)10-12-19)22-15-24(30-25(22)26(28)29)20-7-5-4-6-8-20/h4-8,15,17-19H,9-14,16H2,1-3H3,(H,28,29). The van der Waals surface area contributed by atoms with Crippen LogP contribution in [0.1, 0.15) is 68.1 Å². The summed E-state index contributed by atoms with van der Waals surface area (Å²) >= 11 is 1.42. The number of carbonyl (C=O) groups is 1. The van der Waals surface area contributed by atoms with Gasteiger partial charge < -0.3 is 5.11 Å². The summed E-state index contributed by atoms with van der Waals surface area (Å²) in [5, 5.41) is 10.0. The lowest BCUT2D eigenvalue weighted by Crippen LogP contribution is -2.39. The first kappa shape index (κ1) is 21.3. The molecule has 0 spiro atoms. The molecule has 0 bridgehead atoms. The molecule has 0 amide bonds. The Kier molecular flexibility index (Phi) is 6.45. The number of thiophene rings is 1. The fraction of sp³-hybridized carbons (Fsp3) is 0.500. The molecule has 0 saturated heterocycles. The lowest BCUT2D eigenvalue weighted by Gasteiger charge is -2.38. The highest BCUT2D eigenvalue weighted by Gasteiger charge is 2.31. The van der Waals surface area contributed by atoms with Crippen LogP contribution >= 0.6 is 11.3 Å². The molecule has 1 aliphatic carbocycles. The fourth-order valence-electron chi connectivity index (χ4n) is 5.06. The second-order valence-electron chi connectivity index (χ2n) is 9.30. The van der Waals surface area contributed by atoms with Crippen molar-refractivity contribution in [2.45, 2.75) is 58.9 Å². The summed E-state index contributed by atoms with van der Waals surface area (Å²) in [6, 6.07) is 12.8. The minimum Gasteiger partial charge on any atom is -0.477 e. The van der Waals surface area contributed by atoms with Gasteiger partial charge in [0.15, 0.2) is 0 Å². The van der Waals surface area contributed by atoms with E-state index in [-0.39, 0.29) is 0 Å². The lowest BCUT2D eigenvalue weighted by molar-refractivity contribution is 0.0701. The molecule has 30 heavy (non-hydrogen) atoms. The third kappa shape index (κ3) is 4.40. The maximum Gasteiger partial charge on any atom is 0.346 e. The number of hydrogen-bond donors (Lipinski definition) is 1. The van der Waals surface area contributed by atoms with Crippen LogP contribution in [0.4, 0.5) is 0 Å². The third-order valence-electron chi connectivity index (χ3n) is 6.96. The monoisotopic (exact) mass is 423 g/mol. The highest BCUT2D eigenvalue weighted by atomic mass is 32.1. The maximum absolute atomic E-state index is 12.2. The van der Waals surface area contributed by atoms with Gasteiger partial charge in [-0.2, -0.15) is 0 Å². The van der Waals surface area contributed by atoms with E-state index in [0.29, 0.717) is 16.8 Å². The number of rotatable bonds is 5. The summed E-state index contributed by atoms with van der Waals surface area (Å²) in [6.07, 6.45) is 6.00. The SMILES string of the molecule is CC1CCC(C2=C(c3cc(-c4ccccc4)sc3C(=O)O)CCN(C(C)C)C2)CC1. The van der Waals surface area contributed by atoms with Gasteiger partial charge in [-0.1, -0.05) is 50.1 Å². The van der Waals surface area contributed by atoms with E-state index in [9.17, 15) is 9.90 Å². The molecule has 0 unspecified atom stereocenters. The summed E-state index contributed by atoms with van der Waals surface area (Å²) < 4.78 is 0. The van der Waals surface area contributed by atoms with E-state index >= 15 is 0 Å². The van der Waals surface area contributed by atoms with Crippen LogP contribution in [0.15, 0.2) is 42.0 Å². The van der Waals surface area contributed by atoms with Crippen molar-refractivity contribution in [3.05, 3.63) is 52.4 Å². The van der Waals surface area contributed by atoms with Crippen molar-refractivity contribution < 1.29 is 9.90 Å². The van der Waals surface area contributed by atoms with Gasteiger partial charge in [0.05, 0.1) is 0 Å². The third-order valence-corrected chi connectivity index (χ3v) is 8.13. The highest BCUT2D eigenvalue weighted by molar-refractivity contribution is 7.17. The molecule has 4 heteroatoms. The van der Waals surface area contributed by atoms with Crippen molar-refractivity contribution in [1.29, 1.82) is 0 Å². The van der Waals surface area contributed by atoms with Gasteiger partial charge in [-0.25, -0.2) is 4.79 Å². The Labute approximate surface area is 184 Å². The van der Waals surface area contributed by atoms with Crippen LogP contribution in [0, 0.1) is 11.8 Å². The Hall–Kier alpha value is -1.91. The van der Waals surface area contributed by atoms with E-state index in [1.165, 1.54) is 48.2 Å². The molecule has 2 aliphatic rings. The first-order valence-electron chi connectivity index (χ1n) is 11.3. The van der Waals surface area contributed by atoms with Gasteiger partial charge in [0, 0.05) is 29.6 Å². The van der Waals surface area contributed by atoms with Gasteiger partial charge in [-0.15, -0.1) is 11.3 Å². The predicted molar refractivity (Wildman–Crippen MR) is 126 cm³/mol. The Morgan fingerprint density at radius 3 is 2.47 bits per heavy atom. The van der Waals surface area contributed by atoms with Crippen molar-refractivity contribution in [2.75, 3.05) is 13.1 Å². The van der Waals surface area contributed by atoms with E-state index in [1.807, 2.05) is 18.2 Å². The van der Waals surface area contributed by atoms with Crippen LogP contribution < -0.4 is 0 Å². The molecule has 1 aliphatic heterocycles. The zero-order valence-electron chi connectivity index (χ0n) is 18.4. The first-order chi connectivity index (χ1) is 14.4. The number of nitrogens with zero attached hydrogens (tertiary/aromatic N) is 1. The Bertz CT molecular complexity index is 920. The first-order valence-corrected chi connectivity index (χ1v) is 12.1. The van der Waals surface area contributed by atoms with E-state index in [1.54, 1.807) is 0 Å². The number of carboxylic acid groups (broad SMARTS) is 1. The minimum absolute atomic E-state index is 0.503. The number of hydrogen-bond acceptors (Lipinski definition) is 3. The van der Waals surface area contributed by atoms with Crippen LogP contribution in [0.25, 0.3) is 16.0 Å². The normalized spacial score (nSPS) is 23.2. The number of carboxylic acids is 1. The average Bonchev–Trinajstić information content (AvgIpc) is 3.20. The largest absolute Gasteiger partial charge is 0.477 e. The summed E-state index contributed by atoms with van der Waals surface area (Å²) in [5.41, 5.74) is 4.91. The molecule has 2 aromatic rings. The molecular weight excluding hydrogens is 390 g/mol. The highest BCUT2D eigenvalue weighted by Crippen LogP contribution is 2.43. The predicted octanol–water partition coefficient (Wildman–Crippen LogP) is 6.81. The number of benzene rings is 1. The van der Waals surface area contributed by atoms with Crippen molar-refractivity contribution in [3.8, 4) is 10.4 Å². The molecule has 0 atom stereocenters. The second kappa shape index (κ2) is 9.07. The molecule has 1 aromatic heterocycles. The van der Waals surface area contributed by atoms with Crippen molar-refractivity contribution in [1.82, 2.24) is 4.90 Å². The Morgan fingerprint density at radius 1 is 1.13 bits per heavy atom. The van der Waals surface area contributed by atoms with Gasteiger partial charge in [0.1, 0.15) is 4.88 Å². The second-order valence-corrected chi connectivity index (χ2v) is 10.4. The molecule has 1 N–H and O–H groups in total. The molecule has 1 aromatic carbocycles. The van der Waals surface area contributed by atoms with Crippen LogP contribution in [-0.2, 0) is 0 Å². The van der Waals surface area contributed by atoms with Crippen LogP contribution in [-0.4, -0.2) is 35.1 Å². The quantitative estimate of drug-likeness (QED) is 0.574. The van der Waals surface area contributed by atoms with Crippen LogP contribution in [0.5, 0.6) is 0 Å². The Morgan fingerprint density at radius 2 is 1.83 bits per heavy atom. The number of aromatic carboxylic acids is 1. The molecule has 4 rings (SSSR count). The van der Waals surface area contributed by atoms with Crippen molar-refractivity contribution in [3.63, 3.8) is 0 Å². The average molecular weight is 424 g/mol. The van der Waals surface area contributed by atoms with E-state index in [0.717, 1.165) is 41.4 Å². The van der Waals surface area contributed by atoms with E-state index in [2.05, 4.69) is 43.9 Å². The molecule has 0 radical (unpaired) electrons. The van der Waals surface area contributed by atoms with Crippen molar-refractivity contribution in [2.24, 2.45) is 11.8 Å². The van der Waals surface area contributed by atoms with Crippen LogP contribution in [0.2, 0.25) is 0 Å². The van der Waals surface area contributed by atoms with Gasteiger partial charge in [-0.05, 0) is 67.7 Å². The van der Waals surface area contributed by atoms with Gasteiger partial charge in [-0.3, -0.25) is 4.90 Å². The Balaban J connectivity index is 1.79. The fourth-order valence-corrected chi connectivity index (χ4v) is 6.09. The minimum atomic E-state index is -0.799. The molecule has 2 heterocycles. The molecule has 1 saturated carbocycles. The summed E-state index contributed by atoms with van der Waals surface area (Å²) in [4.78, 5) is 16.3. The zero-order chi connectivity index (χ0) is 21.3. The smallest absolute Gasteiger partial charge is 0.346 e. The summed E-state index contributed by atoms with van der Waals surface area (Å²) in [7, 11) is 0. The molecule has 3 nitrogen and oxygen atoms in total. The molecule has 1 fully saturated rings.